The van der Waals surface area contributed by atoms with Crippen molar-refractivity contribution >= 4 is 23.6 Å². The zero-order valence-electron chi connectivity index (χ0n) is 11.7. The Morgan fingerprint density at radius 3 is 2.53 bits per heavy atom. The van der Waals surface area contributed by atoms with Gasteiger partial charge in [-0.2, -0.15) is 0 Å². The van der Waals surface area contributed by atoms with Crippen LogP contribution in [0.1, 0.15) is 26.3 Å². The highest BCUT2D eigenvalue weighted by Gasteiger charge is 2.16. The lowest BCUT2D eigenvalue weighted by Gasteiger charge is -2.26. The molecule has 0 fully saturated rings. The van der Waals surface area contributed by atoms with Crippen LogP contribution in [0.15, 0.2) is 24.3 Å². The van der Waals surface area contributed by atoms with Gasteiger partial charge in [0, 0.05) is 19.2 Å². The van der Waals surface area contributed by atoms with Gasteiger partial charge in [-0.25, -0.2) is 4.39 Å². The number of amides is 1. The Labute approximate surface area is 118 Å². The molecule has 19 heavy (non-hydrogen) atoms. The van der Waals surface area contributed by atoms with Gasteiger partial charge < -0.3 is 4.90 Å². The molecule has 0 N–H and O–H groups in total. The molecular formula is C15H19ClFNO. The predicted octanol–water partition coefficient (Wildman–Crippen LogP) is 4.00. The van der Waals surface area contributed by atoms with Gasteiger partial charge in [-0.1, -0.05) is 31.5 Å². The molecule has 2 nitrogen and oxygen atoms in total. The van der Waals surface area contributed by atoms with E-state index >= 15 is 0 Å². The lowest BCUT2D eigenvalue weighted by atomic mass is 10.1. The van der Waals surface area contributed by atoms with E-state index in [4.69, 9.17) is 11.6 Å². The number of carbonyl (C=O) groups is 1. The van der Waals surface area contributed by atoms with Gasteiger partial charge in [0.2, 0.25) is 5.91 Å². The highest BCUT2D eigenvalue weighted by atomic mass is 35.5. The molecule has 1 aromatic rings. The van der Waals surface area contributed by atoms with E-state index in [1.54, 1.807) is 24.1 Å². The van der Waals surface area contributed by atoms with E-state index < -0.39 is 5.82 Å². The van der Waals surface area contributed by atoms with Gasteiger partial charge in [0.25, 0.3) is 0 Å². The van der Waals surface area contributed by atoms with Crippen molar-refractivity contribution in [3.63, 3.8) is 0 Å². The second-order valence-electron chi connectivity index (χ2n) is 4.94. The SMILES string of the molecule is CC(C)C(C)N(C)C(=O)/C=C/c1ccc(F)c(Cl)c1. The summed E-state index contributed by atoms with van der Waals surface area (Å²) in [6.07, 6.45) is 3.11. The van der Waals surface area contributed by atoms with Crippen LogP contribution in [-0.2, 0) is 4.79 Å². The maximum atomic E-state index is 13.0. The summed E-state index contributed by atoms with van der Waals surface area (Å²) in [5.74, 6) is -0.153. The molecule has 0 aliphatic rings. The average Bonchev–Trinajstić information content (AvgIpc) is 2.37. The smallest absolute Gasteiger partial charge is 0.246 e. The third-order valence-electron chi connectivity index (χ3n) is 3.29. The molecule has 0 saturated carbocycles. The quantitative estimate of drug-likeness (QED) is 0.765. The second kappa shape index (κ2) is 6.71. The monoisotopic (exact) mass is 283 g/mol. The topological polar surface area (TPSA) is 20.3 Å². The zero-order valence-corrected chi connectivity index (χ0v) is 12.4. The predicted molar refractivity (Wildman–Crippen MR) is 77.5 cm³/mol. The molecule has 0 aliphatic heterocycles. The Kier molecular flexibility index (Phi) is 5.55. The summed E-state index contributed by atoms with van der Waals surface area (Å²) < 4.78 is 13.0. The minimum atomic E-state index is -0.462. The summed E-state index contributed by atoms with van der Waals surface area (Å²) in [5, 5.41) is 0.0542. The first-order valence-electron chi connectivity index (χ1n) is 6.23. The fourth-order valence-corrected chi connectivity index (χ4v) is 1.74. The number of halogens is 2. The summed E-state index contributed by atoms with van der Waals surface area (Å²) in [7, 11) is 1.77. The van der Waals surface area contributed by atoms with E-state index in [9.17, 15) is 9.18 Å². The molecule has 0 bridgehead atoms. The lowest BCUT2D eigenvalue weighted by Crippen LogP contribution is -2.37. The van der Waals surface area contributed by atoms with E-state index in [0.717, 1.165) is 0 Å². The first kappa shape index (κ1) is 15.7. The van der Waals surface area contributed by atoms with E-state index in [1.807, 2.05) is 6.92 Å². The van der Waals surface area contributed by atoms with Gasteiger partial charge in [-0.05, 0) is 36.6 Å². The van der Waals surface area contributed by atoms with Crippen molar-refractivity contribution in [1.29, 1.82) is 0 Å². The van der Waals surface area contributed by atoms with E-state index in [0.29, 0.717) is 11.5 Å². The number of nitrogens with zero attached hydrogens (tertiary/aromatic N) is 1. The number of rotatable bonds is 4. The summed E-state index contributed by atoms with van der Waals surface area (Å²) in [5.41, 5.74) is 0.699. The normalized spacial score (nSPS) is 13.0. The van der Waals surface area contributed by atoms with Crippen molar-refractivity contribution in [2.24, 2.45) is 5.92 Å². The molecule has 0 radical (unpaired) electrons. The Hall–Kier alpha value is -1.35. The van der Waals surface area contributed by atoms with Gasteiger partial charge in [0.05, 0.1) is 5.02 Å². The Morgan fingerprint density at radius 2 is 2.00 bits per heavy atom. The van der Waals surface area contributed by atoms with E-state index in [1.165, 1.54) is 18.2 Å². The average molecular weight is 284 g/mol. The molecule has 104 valence electrons. The molecule has 0 spiro atoms. The van der Waals surface area contributed by atoms with Crippen LogP contribution >= 0.6 is 11.6 Å². The number of hydrogen-bond donors (Lipinski definition) is 0. The van der Waals surface area contributed by atoms with Crippen LogP contribution in [0.4, 0.5) is 4.39 Å². The van der Waals surface area contributed by atoms with Crippen LogP contribution in [0.25, 0.3) is 6.08 Å². The van der Waals surface area contributed by atoms with E-state index in [-0.39, 0.29) is 17.0 Å². The molecule has 0 heterocycles. The maximum Gasteiger partial charge on any atom is 0.246 e. The highest BCUT2D eigenvalue weighted by molar-refractivity contribution is 6.30. The first-order valence-corrected chi connectivity index (χ1v) is 6.60. The molecule has 1 aromatic carbocycles. The molecule has 1 rings (SSSR count). The zero-order chi connectivity index (χ0) is 14.6. The van der Waals surface area contributed by atoms with Crippen LogP contribution in [0, 0.1) is 11.7 Å². The Morgan fingerprint density at radius 1 is 1.37 bits per heavy atom. The van der Waals surface area contributed by atoms with Crippen molar-refractivity contribution in [1.82, 2.24) is 4.90 Å². The van der Waals surface area contributed by atoms with Crippen LogP contribution in [0.3, 0.4) is 0 Å². The highest BCUT2D eigenvalue weighted by Crippen LogP contribution is 2.17. The molecule has 4 heteroatoms. The molecule has 1 unspecified atom stereocenters. The third kappa shape index (κ3) is 4.35. The second-order valence-corrected chi connectivity index (χ2v) is 5.35. The Bertz CT molecular complexity index is 485. The molecule has 0 aromatic heterocycles. The van der Waals surface area contributed by atoms with Crippen molar-refractivity contribution in [3.05, 3.63) is 40.7 Å². The maximum absolute atomic E-state index is 13.0. The van der Waals surface area contributed by atoms with Crippen molar-refractivity contribution in [3.8, 4) is 0 Å². The molecule has 0 aliphatic carbocycles. The fourth-order valence-electron chi connectivity index (χ4n) is 1.55. The first-order chi connectivity index (χ1) is 8.82. The Balaban J connectivity index is 2.75. The molecule has 1 amide bonds. The minimum Gasteiger partial charge on any atom is -0.339 e. The van der Waals surface area contributed by atoms with Gasteiger partial charge in [-0.15, -0.1) is 0 Å². The number of hydrogen-bond acceptors (Lipinski definition) is 1. The third-order valence-corrected chi connectivity index (χ3v) is 3.58. The van der Waals surface area contributed by atoms with Crippen LogP contribution in [0.2, 0.25) is 5.02 Å². The van der Waals surface area contributed by atoms with Crippen molar-refractivity contribution in [2.75, 3.05) is 7.05 Å². The summed E-state index contributed by atoms with van der Waals surface area (Å²) >= 11 is 5.68. The largest absolute Gasteiger partial charge is 0.339 e. The molecular weight excluding hydrogens is 265 g/mol. The van der Waals surface area contributed by atoms with Crippen LogP contribution in [0.5, 0.6) is 0 Å². The van der Waals surface area contributed by atoms with Crippen LogP contribution < -0.4 is 0 Å². The van der Waals surface area contributed by atoms with Crippen molar-refractivity contribution < 1.29 is 9.18 Å². The van der Waals surface area contributed by atoms with E-state index in [2.05, 4.69) is 13.8 Å². The molecule has 1 atom stereocenters. The van der Waals surface area contributed by atoms with Gasteiger partial charge in [-0.3, -0.25) is 4.79 Å². The standard InChI is InChI=1S/C15H19ClFNO/c1-10(2)11(3)18(4)15(19)8-6-12-5-7-14(17)13(16)9-12/h5-11H,1-4H3/b8-6+. The number of benzene rings is 1. The summed E-state index contributed by atoms with van der Waals surface area (Å²) in [4.78, 5) is 13.6. The molecule has 0 saturated heterocycles. The lowest BCUT2D eigenvalue weighted by molar-refractivity contribution is -0.127. The fraction of sp³-hybridized carbons (Fsp3) is 0.400. The van der Waals surface area contributed by atoms with Crippen LogP contribution in [-0.4, -0.2) is 23.9 Å². The van der Waals surface area contributed by atoms with Gasteiger partial charge in [0.1, 0.15) is 5.82 Å². The summed E-state index contributed by atoms with van der Waals surface area (Å²) in [6, 6.07) is 4.52. The van der Waals surface area contributed by atoms with Gasteiger partial charge >= 0.3 is 0 Å². The number of likely N-dealkylation sites (N-methyl/N-ethyl adjacent to an activating group) is 1. The minimum absolute atomic E-state index is 0.0542. The van der Waals surface area contributed by atoms with Crippen molar-refractivity contribution in [2.45, 2.75) is 26.8 Å². The summed E-state index contributed by atoms with van der Waals surface area (Å²) in [6.45, 7) is 6.14. The van der Waals surface area contributed by atoms with Gasteiger partial charge in [0.15, 0.2) is 0 Å². The number of carbonyl (C=O) groups excluding carboxylic acids is 1.